The van der Waals surface area contributed by atoms with E-state index in [0.717, 1.165) is 15.9 Å². The highest BCUT2D eigenvalue weighted by Gasteiger charge is 2.07. The minimum atomic E-state index is -0.137. The fourth-order valence-corrected chi connectivity index (χ4v) is 1.83. The van der Waals surface area contributed by atoms with Crippen LogP contribution in [-0.4, -0.2) is 10.9 Å². The van der Waals surface area contributed by atoms with Crippen LogP contribution in [0.4, 0.5) is 5.69 Å². The molecule has 0 aliphatic rings. The van der Waals surface area contributed by atoms with E-state index in [0.29, 0.717) is 5.56 Å². The summed E-state index contributed by atoms with van der Waals surface area (Å²) < 4.78 is 0.860. The normalized spacial score (nSPS) is 10.0. The average molecular weight is 291 g/mol. The third-order valence-corrected chi connectivity index (χ3v) is 2.97. The van der Waals surface area contributed by atoms with Crippen molar-refractivity contribution in [2.75, 3.05) is 5.32 Å². The van der Waals surface area contributed by atoms with Crippen LogP contribution in [0.5, 0.6) is 0 Å². The van der Waals surface area contributed by atoms with E-state index in [2.05, 4.69) is 26.2 Å². The van der Waals surface area contributed by atoms with Crippen molar-refractivity contribution in [1.82, 2.24) is 4.98 Å². The lowest BCUT2D eigenvalue weighted by molar-refractivity contribution is 0.102. The van der Waals surface area contributed by atoms with Crippen molar-refractivity contribution in [1.29, 1.82) is 0 Å². The third kappa shape index (κ3) is 2.91. The molecule has 0 aliphatic heterocycles. The second kappa shape index (κ2) is 5.10. The number of para-hydroxylation sites is 1. The molecule has 0 spiro atoms. The van der Waals surface area contributed by atoms with Gasteiger partial charge in [-0.1, -0.05) is 12.1 Å². The van der Waals surface area contributed by atoms with E-state index in [1.165, 1.54) is 0 Å². The first-order valence-electron chi connectivity index (χ1n) is 5.15. The van der Waals surface area contributed by atoms with E-state index in [1.807, 2.05) is 31.2 Å². The molecular weight excluding hydrogens is 280 g/mol. The number of amides is 1. The van der Waals surface area contributed by atoms with Gasteiger partial charge in [-0.05, 0) is 47.1 Å². The molecule has 1 aromatic heterocycles. The highest BCUT2D eigenvalue weighted by atomic mass is 79.9. The Morgan fingerprint density at radius 1 is 1.29 bits per heavy atom. The van der Waals surface area contributed by atoms with Gasteiger partial charge in [0, 0.05) is 21.9 Å². The van der Waals surface area contributed by atoms with Crippen LogP contribution in [0.1, 0.15) is 16.1 Å². The molecule has 4 heteroatoms. The van der Waals surface area contributed by atoms with E-state index in [4.69, 9.17) is 0 Å². The summed E-state index contributed by atoms with van der Waals surface area (Å²) >= 11 is 3.38. The molecule has 0 bridgehead atoms. The summed E-state index contributed by atoms with van der Waals surface area (Å²) in [6.45, 7) is 1.86. The minimum Gasteiger partial charge on any atom is -0.321 e. The lowest BCUT2D eigenvalue weighted by atomic mass is 10.2. The molecule has 0 saturated heterocycles. The van der Waals surface area contributed by atoms with Gasteiger partial charge in [-0.3, -0.25) is 9.78 Å². The maximum atomic E-state index is 12.0. The number of hydrogen-bond acceptors (Lipinski definition) is 2. The van der Waals surface area contributed by atoms with Crippen LogP contribution < -0.4 is 5.32 Å². The SMILES string of the molecule is Cc1cc(C(=O)Nc2ccccc2Br)ccn1. The Balaban J connectivity index is 2.20. The van der Waals surface area contributed by atoms with Crippen molar-refractivity contribution in [2.24, 2.45) is 0 Å². The van der Waals surface area contributed by atoms with Gasteiger partial charge in [0.2, 0.25) is 0 Å². The second-order valence-electron chi connectivity index (χ2n) is 3.62. The molecule has 0 atom stereocenters. The molecule has 0 saturated carbocycles. The molecule has 2 aromatic rings. The van der Waals surface area contributed by atoms with E-state index in [1.54, 1.807) is 18.3 Å². The predicted octanol–water partition coefficient (Wildman–Crippen LogP) is 3.40. The van der Waals surface area contributed by atoms with Crippen LogP contribution in [0.25, 0.3) is 0 Å². The van der Waals surface area contributed by atoms with Gasteiger partial charge >= 0.3 is 0 Å². The first-order chi connectivity index (χ1) is 8.16. The number of pyridine rings is 1. The van der Waals surface area contributed by atoms with Gasteiger partial charge in [0.1, 0.15) is 0 Å². The van der Waals surface area contributed by atoms with Gasteiger partial charge in [0.05, 0.1) is 5.69 Å². The largest absolute Gasteiger partial charge is 0.321 e. The van der Waals surface area contributed by atoms with Crippen molar-refractivity contribution in [3.8, 4) is 0 Å². The van der Waals surface area contributed by atoms with Gasteiger partial charge in [-0.25, -0.2) is 0 Å². The summed E-state index contributed by atoms with van der Waals surface area (Å²) in [5.41, 5.74) is 2.19. The molecule has 86 valence electrons. The number of carbonyl (C=O) groups excluding carboxylic acids is 1. The summed E-state index contributed by atoms with van der Waals surface area (Å²) in [6.07, 6.45) is 1.63. The van der Waals surface area contributed by atoms with Gasteiger partial charge in [-0.2, -0.15) is 0 Å². The predicted molar refractivity (Wildman–Crippen MR) is 71.1 cm³/mol. The molecule has 2 rings (SSSR count). The van der Waals surface area contributed by atoms with Crippen LogP contribution in [0.3, 0.4) is 0 Å². The second-order valence-corrected chi connectivity index (χ2v) is 4.47. The molecule has 0 radical (unpaired) electrons. The number of anilines is 1. The Hall–Kier alpha value is -1.68. The number of aromatic nitrogens is 1. The number of nitrogens with zero attached hydrogens (tertiary/aromatic N) is 1. The Kier molecular flexibility index (Phi) is 3.54. The summed E-state index contributed by atoms with van der Waals surface area (Å²) in [4.78, 5) is 16.0. The summed E-state index contributed by atoms with van der Waals surface area (Å²) in [5, 5.41) is 2.84. The summed E-state index contributed by atoms with van der Waals surface area (Å²) in [5.74, 6) is -0.137. The van der Waals surface area contributed by atoms with Crippen LogP contribution >= 0.6 is 15.9 Å². The first-order valence-corrected chi connectivity index (χ1v) is 5.94. The van der Waals surface area contributed by atoms with Gasteiger partial charge in [0.15, 0.2) is 0 Å². The summed E-state index contributed by atoms with van der Waals surface area (Å²) in [6, 6.07) is 10.9. The maximum Gasteiger partial charge on any atom is 0.255 e. The summed E-state index contributed by atoms with van der Waals surface area (Å²) in [7, 11) is 0. The van der Waals surface area contributed by atoms with E-state index in [9.17, 15) is 4.79 Å². The van der Waals surface area contributed by atoms with Gasteiger partial charge in [-0.15, -0.1) is 0 Å². The maximum absolute atomic E-state index is 12.0. The Labute approximate surface area is 108 Å². The molecule has 3 nitrogen and oxygen atoms in total. The fraction of sp³-hybridized carbons (Fsp3) is 0.0769. The molecule has 1 heterocycles. The minimum absolute atomic E-state index is 0.137. The van der Waals surface area contributed by atoms with Crippen molar-refractivity contribution in [2.45, 2.75) is 6.92 Å². The Bertz CT molecular complexity index is 555. The molecule has 0 aliphatic carbocycles. The lowest BCUT2D eigenvalue weighted by Crippen LogP contribution is -2.12. The average Bonchev–Trinajstić information content (AvgIpc) is 2.32. The van der Waals surface area contributed by atoms with Crippen LogP contribution in [0.2, 0.25) is 0 Å². The number of aryl methyl sites for hydroxylation is 1. The van der Waals surface area contributed by atoms with Gasteiger partial charge < -0.3 is 5.32 Å². The van der Waals surface area contributed by atoms with E-state index in [-0.39, 0.29) is 5.91 Å². The number of halogens is 1. The van der Waals surface area contributed by atoms with Crippen molar-refractivity contribution in [3.05, 3.63) is 58.3 Å². The molecule has 0 unspecified atom stereocenters. The van der Waals surface area contributed by atoms with Crippen molar-refractivity contribution in [3.63, 3.8) is 0 Å². The van der Waals surface area contributed by atoms with E-state index < -0.39 is 0 Å². The zero-order chi connectivity index (χ0) is 12.3. The third-order valence-electron chi connectivity index (χ3n) is 2.28. The van der Waals surface area contributed by atoms with Crippen molar-refractivity contribution < 1.29 is 4.79 Å². The van der Waals surface area contributed by atoms with Gasteiger partial charge in [0.25, 0.3) is 5.91 Å². The zero-order valence-electron chi connectivity index (χ0n) is 9.27. The zero-order valence-corrected chi connectivity index (χ0v) is 10.9. The van der Waals surface area contributed by atoms with Crippen LogP contribution in [0.15, 0.2) is 47.1 Å². The van der Waals surface area contributed by atoms with E-state index >= 15 is 0 Å². The molecule has 0 fully saturated rings. The van der Waals surface area contributed by atoms with Crippen molar-refractivity contribution >= 4 is 27.5 Å². The molecular formula is C13H11BrN2O. The standard InChI is InChI=1S/C13H11BrN2O/c1-9-8-10(6-7-15-9)13(17)16-12-5-3-2-4-11(12)14/h2-8H,1H3,(H,16,17). The Morgan fingerprint density at radius 3 is 2.76 bits per heavy atom. The number of carbonyl (C=O) groups is 1. The lowest BCUT2D eigenvalue weighted by Gasteiger charge is -2.07. The smallest absolute Gasteiger partial charge is 0.255 e. The number of hydrogen-bond donors (Lipinski definition) is 1. The van der Waals surface area contributed by atoms with Crippen LogP contribution in [-0.2, 0) is 0 Å². The topological polar surface area (TPSA) is 42.0 Å². The quantitative estimate of drug-likeness (QED) is 0.921. The molecule has 1 N–H and O–H groups in total. The number of nitrogens with one attached hydrogen (secondary N) is 1. The van der Waals surface area contributed by atoms with Crippen LogP contribution in [0, 0.1) is 6.92 Å². The monoisotopic (exact) mass is 290 g/mol. The molecule has 1 aromatic carbocycles. The Morgan fingerprint density at radius 2 is 2.06 bits per heavy atom. The number of rotatable bonds is 2. The molecule has 1 amide bonds. The highest BCUT2D eigenvalue weighted by Crippen LogP contribution is 2.21. The fourth-order valence-electron chi connectivity index (χ4n) is 1.44. The molecule has 17 heavy (non-hydrogen) atoms. The highest BCUT2D eigenvalue weighted by molar-refractivity contribution is 9.10. The number of benzene rings is 1. The first kappa shape index (κ1) is 11.8.